The topological polar surface area (TPSA) is 52.0 Å². The predicted octanol–water partition coefficient (Wildman–Crippen LogP) is 2.71. The van der Waals surface area contributed by atoms with Gasteiger partial charge in [-0.1, -0.05) is 12.5 Å². The number of nitrogens with zero attached hydrogens (tertiary/aromatic N) is 3. The summed E-state index contributed by atoms with van der Waals surface area (Å²) in [6, 6.07) is 6.70. The first-order valence-corrected chi connectivity index (χ1v) is 8.62. The number of hydrogen-bond acceptors (Lipinski definition) is 4. The van der Waals surface area contributed by atoms with E-state index in [9.17, 15) is 0 Å². The lowest BCUT2D eigenvalue weighted by Crippen LogP contribution is -2.44. The normalized spacial score (nSPS) is 23.4. The first-order chi connectivity index (χ1) is 11.4. The highest BCUT2D eigenvalue weighted by Gasteiger charge is 2.43. The molecule has 5 heteroatoms. The Morgan fingerprint density at radius 2 is 2.17 bits per heavy atom. The lowest BCUT2D eigenvalue weighted by atomic mass is 9.75. The fourth-order valence-corrected chi connectivity index (χ4v) is 4.14. The maximum absolute atomic E-state index is 5.57. The Kier molecular flexibility index (Phi) is 4.14. The summed E-state index contributed by atoms with van der Waals surface area (Å²) in [7, 11) is 0. The largest absolute Gasteiger partial charge is 0.381 e. The van der Waals surface area contributed by atoms with E-state index >= 15 is 0 Å². The Balaban J connectivity index is 1.39. The molecular weight excluding hydrogens is 288 g/mol. The van der Waals surface area contributed by atoms with Crippen LogP contribution >= 0.6 is 0 Å². The standard InChI is InChI=1S/C18H24N4O/c1-3-16(18(6-1)7-11-23-12-8-18)19-13-15-4-5-17(20-14-15)22-10-2-9-21-22/h2,4-5,9-10,14,16,19H,1,3,6-8,11-13H2. The quantitative estimate of drug-likeness (QED) is 0.943. The second-order valence-electron chi connectivity index (χ2n) is 6.78. The highest BCUT2D eigenvalue weighted by molar-refractivity contribution is 5.24. The van der Waals surface area contributed by atoms with Crippen molar-refractivity contribution in [3.8, 4) is 5.82 Å². The molecule has 5 nitrogen and oxygen atoms in total. The number of rotatable bonds is 4. The van der Waals surface area contributed by atoms with Crippen molar-refractivity contribution >= 4 is 0 Å². The van der Waals surface area contributed by atoms with Crippen molar-refractivity contribution in [2.75, 3.05) is 13.2 Å². The van der Waals surface area contributed by atoms with Crippen molar-refractivity contribution < 1.29 is 4.74 Å². The average molecular weight is 312 g/mol. The van der Waals surface area contributed by atoms with E-state index in [4.69, 9.17) is 4.74 Å². The molecule has 2 aromatic heterocycles. The van der Waals surface area contributed by atoms with Gasteiger partial charge >= 0.3 is 0 Å². The summed E-state index contributed by atoms with van der Waals surface area (Å²) >= 11 is 0. The zero-order valence-electron chi connectivity index (χ0n) is 13.4. The Morgan fingerprint density at radius 3 is 2.91 bits per heavy atom. The molecule has 1 saturated carbocycles. The van der Waals surface area contributed by atoms with E-state index in [1.165, 1.54) is 37.7 Å². The van der Waals surface area contributed by atoms with E-state index in [1.807, 2.05) is 24.5 Å². The minimum Gasteiger partial charge on any atom is -0.381 e. The molecule has 1 N–H and O–H groups in total. The summed E-state index contributed by atoms with van der Waals surface area (Å²) in [5.74, 6) is 0.862. The molecule has 2 fully saturated rings. The van der Waals surface area contributed by atoms with Crippen LogP contribution in [0.4, 0.5) is 0 Å². The van der Waals surface area contributed by atoms with Gasteiger partial charge in [0.2, 0.25) is 0 Å². The van der Waals surface area contributed by atoms with Crippen LogP contribution in [0.2, 0.25) is 0 Å². The van der Waals surface area contributed by atoms with Crippen molar-refractivity contribution in [1.29, 1.82) is 0 Å². The first-order valence-electron chi connectivity index (χ1n) is 8.62. The van der Waals surface area contributed by atoms with Crippen molar-refractivity contribution in [2.45, 2.75) is 44.7 Å². The van der Waals surface area contributed by atoms with Crippen LogP contribution in [0.5, 0.6) is 0 Å². The maximum atomic E-state index is 5.57. The third kappa shape index (κ3) is 3.03. The van der Waals surface area contributed by atoms with Crippen LogP contribution in [-0.2, 0) is 11.3 Å². The zero-order valence-corrected chi connectivity index (χ0v) is 13.4. The van der Waals surface area contributed by atoms with Gasteiger partial charge in [0.25, 0.3) is 0 Å². The molecule has 1 atom stereocenters. The average Bonchev–Trinajstić information content (AvgIpc) is 3.25. The van der Waals surface area contributed by atoms with Crippen LogP contribution in [0.15, 0.2) is 36.8 Å². The number of nitrogens with one attached hydrogen (secondary N) is 1. The SMILES string of the molecule is c1cnn(-c2ccc(CNC3CCCC34CCOCC4)cn2)c1. The fourth-order valence-electron chi connectivity index (χ4n) is 4.14. The molecule has 4 rings (SSSR count). The third-order valence-corrected chi connectivity index (χ3v) is 5.50. The van der Waals surface area contributed by atoms with Crippen LogP contribution in [0.1, 0.15) is 37.7 Å². The van der Waals surface area contributed by atoms with Crippen LogP contribution in [0.25, 0.3) is 5.82 Å². The van der Waals surface area contributed by atoms with Crippen LogP contribution in [0.3, 0.4) is 0 Å². The molecule has 0 amide bonds. The predicted molar refractivity (Wildman–Crippen MR) is 88.3 cm³/mol. The highest BCUT2D eigenvalue weighted by Crippen LogP contribution is 2.46. The molecule has 2 aromatic rings. The van der Waals surface area contributed by atoms with Gasteiger partial charge in [-0.15, -0.1) is 0 Å². The van der Waals surface area contributed by atoms with Gasteiger partial charge in [-0.25, -0.2) is 9.67 Å². The summed E-state index contributed by atoms with van der Waals surface area (Å²) in [5.41, 5.74) is 1.70. The number of pyridine rings is 1. The van der Waals surface area contributed by atoms with E-state index in [2.05, 4.69) is 21.5 Å². The molecule has 0 bridgehead atoms. The lowest BCUT2D eigenvalue weighted by molar-refractivity contribution is 0.00414. The van der Waals surface area contributed by atoms with Gasteiger partial charge in [0.1, 0.15) is 0 Å². The fraction of sp³-hybridized carbons (Fsp3) is 0.556. The summed E-state index contributed by atoms with van der Waals surface area (Å²) in [6.45, 7) is 2.75. The van der Waals surface area contributed by atoms with Crippen LogP contribution < -0.4 is 5.32 Å². The van der Waals surface area contributed by atoms with E-state index in [0.29, 0.717) is 11.5 Å². The summed E-state index contributed by atoms with van der Waals surface area (Å²) < 4.78 is 7.35. The molecule has 1 unspecified atom stereocenters. The Hall–Kier alpha value is -1.72. The molecule has 1 spiro atoms. The second kappa shape index (κ2) is 6.42. The third-order valence-electron chi connectivity index (χ3n) is 5.50. The maximum Gasteiger partial charge on any atom is 0.153 e. The molecule has 23 heavy (non-hydrogen) atoms. The summed E-state index contributed by atoms with van der Waals surface area (Å²) in [4.78, 5) is 4.51. The first kappa shape index (κ1) is 14.8. The van der Waals surface area contributed by atoms with Crippen molar-refractivity contribution in [2.24, 2.45) is 5.41 Å². The van der Waals surface area contributed by atoms with Crippen molar-refractivity contribution in [3.05, 3.63) is 42.4 Å². The van der Waals surface area contributed by atoms with Crippen LogP contribution in [-0.4, -0.2) is 34.0 Å². The minimum atomic E-state index is 0.473. The molecule has 1 saturated heterocycles. The van der Waals surface area contributed by atoms with Crippen molar-refractivity contribution in [3.63, 3.8) is 0 Å². The van der Waals surface area contributed by atoms with Gasteiger partial charge < -0.3 is 10.1 Å². The number of ether oxygens (including phenoxy) is 1. The molecule has 3 heterocycles. The van der Waals surface area contributed by atoms with E-state index in [1.54, 1.807) is 10.9 Å². The molecule has 1 aliphatic carbocycles. The molecular formula is C18H24N4O. The Labute approximate surface area is 137 Å². The summed E-state index contributed by atoms with van der Waals surface area (Å²) in [5, 5.41) is 8.00. The molecule has 1 aliphatic heterocycles. The van der Waals surface area contributed by atoms with E-state index in [-0.39, 0.29) is 0 Å². The minimum absolute atomic E-state index is 0.473. The van der Waals surface area contributed by atoms with E-state index < -0.39 is 0 Å². The highest BCUT2D eigenvalue weighted by atomic mass is 16.5. The summed E-state index contributed by atoms with van der Waals surface area (Å²) in [6.07, 6.45) is 12.0. The van der Waals surface area contributed by atoms with Gasteiger partial charge in [-0.3, -0.25) is 0 Å². The molecule has 122 valence electrons. The van der Waals surface area contributed by atoms with E-state index in [0.717, 1.165) is 25.6 Å². The van der Waals surface area contributed by atoms with Gasteiger partial charge in [-0.05, 0) is 48.8 Å². The van der Waals surface area contributed by atoms with Gasteiger partial charge in [0.15, 0.2) is 5.82 Å². The monoisotopic (exact) mass is 312 g/mol. The molecule has 2 aliphatic rings. The van der Waals surface area contributed by atoms with Gasteiger partial charge in [0, 0.05) is 44.4 Å². The molecule has 0 aromatic carbocycles. The number of hydrogen-bond donors (Lipinski definition) is 1. The van der Waals surface area contributed by atoms with Crippen molar-refractivity contribution in [1.82, 2.24) is 20.1 Å². The van der Waals surface area contributed by atoms with Gasteiger partial charge in [0.05, 0.1) is 0 Å². The van der Waals surface area contributed by atoms with Crippen LogP contribution in [0, 0.1) is 5.41 Å². The zero-order chi connectivity index (χ0) is 15.5. The Morgan fingerprint density at radius 1 is 1.26 bits per heavy atom. The lowest BCUT2D eigenvalue weighted by Gasteiger charge is -2.39. The smallest absolute Gasteiger partial charge is 0.153 e. The van der Waals surface area contributed by atoms with Gasteiger partial charge in [-0.2, -0.15) is 5.10 Å². The molecule has 0 radical (unpaired) electrons. The second-order valence-corrected chi connectivity index (χ2v) is 6.78. The number of aromatic nitrogens is 3. The Bertz CT molecular complexity index is 617.